The van der Waals surface area contributed by atoms with Gasteiger partial charge >= 0.3 is 0 Å². The topological polar surface area (TPSA) is 99.5 Å². The fourth-order valence-corrected chi connectivity index (χ4v) is 3.57. The first-order valence-electron chi connectivity index (χ1n) is 9.73. The zero-order valence-corrected chi connectivity index (χ0v) is 18.0. The number of phenols is 1. The van der Waals surface area contributed by atoms with Crippen LogP contribution in [0.2, 0.25) is 0 Å². The van der Waals surface area contributed by atoms with E-state index in [0.29, 0.717) is 23.4 Å². The van der Waals surface area contributed by atoms with E-state index < -0.39 is 17.7 Å². The summed E-state index contributed by atoms with van der Waals surface area (Å²) in [6, 6.07) is 10.4. The predicted molar refractivity (Wildman–Crippen MR) is 115 cm³/mol. The minimum absolute atomic E-state index is 0.0402. The molecule has 164 valence electrons. The van der Waals surface area contributed by atoms with Crippen molar-refractivity contribution in [3.05, 3.63) is 59.2 Å². The minimum atomic E-state index is -0.858. The lowest BCUT2D eigenvalue weighted by atomic mass is 9.95. The Kier molecular flexibility index (Phi) is 6.50. The largest absolute Gasteiger partial charge is 0.507 e. The van der Waals surface area contributed by atoms with Crippen LogP contribution in [0, 0.1) is 0 Å². The van der Waals surface area contributed by atoms with Crippen molar-refractivity contribution in [2.24, 2.45) is 0 Å². The third-order valence-electron chi connectivity index (χ3n) is 5.19. The number of aliphatic hydroxyl groups is 1. The number of benzene rings is 2. The molecule has 1 fully saturated rings. The summed E-state index contributed by atoms with van der Waals surface area (Å²) in [7, 11) is 6.66. The molecule has 0 spiro atoms. The summed E-state index contributed by atoms with van der Waals surface area (Å²) in [5, 5.41) is 21.3. The third kappa shape index (κ3) is 4.34. The van der Waals surface area contributed by atoms with Gasteiger partial charge in [-0.05, 0) is 43.9 Å². The van der Waals surface area contributed by atoms with Gasteiger partial charge in [0.15, 0.2) is 11.5 Å². The van der Waals surface area contributed by atoms with Gasteiger partial charge in [-0.25, -0.2) is 0 Å². The number of hydrogen-bond acceptors (Lipinski definition) is 7. The SMILES string of the molecule is COc1cccc(/C(O)=C2/C(=O)C(=O)N(CCN(C)C)C2c2ccc(OC)c(O)c2)c1. The normalized spacial score (nSPS) is 18.0. The highest BCUT2D eigenvalue weighted by molar-refractivity contribution is 6.46. The van der Waals surface area contributed by atoms with Crippen molar-refractivity contribution >= 4 is 17.4 Å². The molecule has 1 saturated heterocycles. The first kappa shape index (κ1) is 22.2. The molecule has 1 amide bonds. The molecule has 2 aromatic carbocycles. The second kappa shape index (κ2) is 9.09. The molecule has 31 heavy (non-hydrogen) atoms. The number of phenolic OH excluding ortho intramolecular Hbond substituents is 1. The number of aliphatic hydroxyl groups excluding tert-OH is 1. The highest BCUT2D eigenvalue weighted by Gasteiger charge is 2.46. The van der Waals surface area contributed by atoms with Crippen LogP contribution in [0.5, 0.6) is 17.2 Å². The van der Waals surface area contributed by atoms with E-state index in [1.54, 1.807) is 36.4 Å². The summed E-state index contributed by atoms with van der Waals surface area (Å²) in [6.07, 6.45) is 0. The summed E-state index contributed by atoms with van der Waals surface area (Å²) in [5.74, 6) is -1.14. The van der Waals surface area contributed by atoms with Gasteiger partial charge in [0.05, 0.1) is 25.8 Å². The Morgan fingerprint density at radius 1 is 1.10 bits per heavy atom. The van der Waals surface area contributed by atoms with Gasteiger partial charge in [0.25, 0.3) is 11.7 Å². The van der Waals surface area contributed by atoms with Gasteiger partial charge in [0, 0.05) is 18.7 Å². The molecule has 1 unspecified atom stereocenters. The van der Waals surface area contributed by atoms with Gasteiger partial charge in [-0.1, -0.05) is 18.2 Å². The Labute approximate surface area is 180 Å². The van der Waals surface area contributed by atoms with Crippen LogP contribution < -0.4 is 9.47 Å². The molecule has 1 heterocycles. The van der Waals surface area contributed by atoms with Crippen molar-refractivity contribution in [3.8, 4) is 17.2 Å². The highest BCUT2D eigenvalue weighted by atomic mass is 16.5. The fourth-order valence-electron chi connectivity index (χ4n) is 3.57. The molecule has 0 aliphatic carbocycles. The zero-order valence-electron chi connectivity index (χ0n) is 18.0. The number of amides is 1. The molecular weight excluding hydrogens is 400 g/mol. The molecule has 8 nitrogen and oxygen atoms in total. The van der Waals surface area contributed by atoms with Crippen LogP contribution in [0.15, 0.2) is 48.0 Å². The van der Waals surface area contributed by atoms with Crippen LogP contribution in [0.25, 0.3) is 5.76 Å². The predicted octanol–water partition coefficient (Wildman–Crippen LogP) is 2.39. The average Bonchev–Trinajstić information content (AvgIpc) is 3.01. The number of Topliss-reactive ketones (excluding diaryl/α,β-unsaturated/α-hetero) is 1. The fraction of sp³-hybridized carbons (Fsp3) is 0.304. The number of rotatable bonds is 7. The van der Waals surface area contributed by atoms with Crippen LogP contribution in [0.4, 0.5) is 0 Å². The van der Waals surface area contributed by atoms with Crippen molar-refractivity contribution in [3.63, 3.8) is 0 Å². The number of hydrogen-bond donors (Lipinski definition) is 2. The maximum atomic E-state index is 13.0. The Bertz CT molecular complexity index is 1030. The number of methoxy groups -OCH3 is 2. The van der Waals surface area contributed by atoms with Crippen LogP contribution in [0.1, 0.15) is 17.2 Å². The van der Waals surface area contributed by atoms with Crippen LogP contribution >= 0.6 is 0 Å². The smallest absolute Gasteiger partial charge is 0.295 e. The summed E-state index contributed by atoms with van der Waals surface area (Å²) in [6.45, 7) is 0.786. The standard InChI is InChI=1S/C23H26N2O6/c1-24(2)10-11-25-20(14-8-9-18(31-4)17(26)13-14)19(22(28)23(25)29)21(27)15-6-5-7-16(12-15)30-3/h5-9,12-13,20,26-27H,10-11H2,1-4H3/b21-19-. The minimum Gasteiger partial charge on any atom is -0.507 e. The van der Waals surface area contributed by atoms with Gasteiger partial charge in [-0.2, -0.15) is 0 Å². The summed E-state index contributed by atoms with van der Waals surface area (Å²) < 4.78 is 10.3. The second-order valence-corrected chi connectivity index (χ2v) is 7.46. The lowest BCUT2D eigenvalue weighted by Crippen LogP contribution is -2.35. The average molecular weight is 426 g/mol. The quantitative estimate of drug-likeness (QED) is 0.398. The molecule has 0 saturated carbocycles. The van der Waals surface area contributed by atoms with E-state index in [1.165, 1.54) is 25.2 Å². The van der Waals surface area contributed by atoms with Gasteiger partial charge in [-0.3, -0.25) is 9.59 Å². The Balaban J connectivity index is 2.17. The lowest BCUT2D eigenvalue weighted by molar-refractivity contribution is -0.140. The third-order valence-corrected chi connectivity index (χ3v) is 5.19. The molecule has 3 rings (SSSR count). The Hall–Kier alpha value is -3.52. The van der Waals surface area contributed by atoms with Gasteiger partial charge in [0.1, 0.15) is 11.5 Å². The van der Waals surface area contributed by atoms with Crippen molar-refractivity contribution in [2.75, 3.05) is 41.4 Å². The van der Waals surface area contributed by atoms with E-state index in [0.717, 1.165) is 0 Å². The number of nitrogens with zero attached hydrogens (tertiary/aromatic N) is 2. The monoisotopic (exact) mass is 426 g/mol. The van der Waals surface area contributed by atoms with Gasteiger partial charge in [0.2, 0.25) is 0 Å². The van der Waals surface area contributed by atoms with Crippen molar-refractivity contribution in [1.82, 2.24) is 9.80 Å². The molecule has 1 atom stereocenters. The maximum Gasteiger partial charge on any atom is 0.295 e. The number of ether oxygens (including phenoxy) is 2. The van der Waals surface area contributed by atoms with Crippen LogP contribution in [0.3, 0.4) is 0 Å². The second-order valence-electron chi connectivity index (χ2n) is 7.46. The van der Waals surface area contributed by atoms with Crippen molar-refractivity contribution < 1.29 is 29.3 Å². The molecule has 0 bridgehead atoms. The maximum absolute atomic E-state index is 13.0. The van der Waals surface area contributed by atoms with Crippen LogP contribution in [-0.2, 0) is 9.59 Å². The number of likely N-dealkylation sites (N-methyl/N-ethyl adjacent to an activating group) is 1. The van der Waals surface area contributed by atoms with E-state index in [4.69, 9.17) is 9.47 Å². The molecule has 2 N–H and O–H groups in total. The molecule has 1 aliphatic rings. The number of carbonyl (C=O) groups excluding carboxylic acids is 2. The van der Waals surface area contributed by atoms with E-state index >= 15 is 0 Å². The number of aromatic hydroxyl groups is 1. The summed E-state index contributed by atoms with van der Waals surface area (Å²) >= 11 is 0. The first-order valence-corrected chi connectivity index (χ1v) is 9.73. The number of likely N-dealkylation sites (tertiary alicyclic amines) is 1. The molecule has 1 aliphatic heterocycles. The zero-order chi connectivity index (χ0) is 22.7. The number of ketones is 1. The van der Waals surface area contributed by atoms with E-state index in [1.807, 2.05) is 19.0 Å². The molecular formula is C23H26N2O6. The first-order chi connectivity index (χ1) is 14.8. The molecule has 2 aromatic rings. The lowest BCUT2D eigenvalue weighted by Gasteiger charge is -2.26. The van der Waals surface area contributed by atoms with Gasteiger partial charge in [-0.15, -0.1) is 0 Å². The van der Waals surface area contributed by atoms with Gasteiger partial charge < -0.3 is 29.5 Å². The van der Waals surface area contributed by atoms with E-state index in [-0.39, 0.29) is 29.4 Å². The van der Waals surface area contributed by atoms with E-state index in [9.17, 15) is 19.8 Å². The highest BCUT2D eigenvalue weighted by Crippen LogP contribution is 2.41. The molecule has 8 heteroatoms. The Morgan fingerprint density at radius 3 is 2.45 bits per heavy atom. The molecule has 0 radical (unpaired) electrons. The molecule has 0 aromatic heterocycles. The number of carbonyl (C=O) groups is 2. The van der Waals surface area contributed by atoms with Crippen molar-refractivity contribution in [1.29, 1.82) is 0 Å². The van der Waals surface area contributed by atoms with E-state index in [2.05, 4.69) is 0 Å². The Morgan fingerprint density at radius 2 is 1.84 bits per heavy atom. The van der Waals surface area contributed by atoms with Crippen LogP contribution in [-0.4, -0.2) is 73.1 Å². The summed E-state index contributed by atoms with van der Waals surface area (Å²) in [4.78, 5) is 29.2. The summed E-state index contributed by atoms with van der Waals surface area (Å²) in [5.41, 5.74) is 0.801. The van der Waals surface area contributed by atoms with Crippen molar-refractivity contribution in [2.45, 2.75) is 6.04 Å².